The lowest BCUT2D eigenvalue weighted by Gasteiger charge is -2.07. The van der Waals surface area contributed by atoms with Gasteiger partial charge in [0.1, 0.15) is 0 Å². The van der Waals surface area contributed by atoms with Crippen molar-refractivity contribution in [3.8, 4) is 0 Å². The maximum absolute atomic E-state index is 11.8. The Hall–Kier alpha value is -1.84. The summed E-state index contributed by atoms with van der Waals surface area (Å²) in [5, 5.41) is 19.5. The quantitative estimate of drug-likeness (QED) is 0.711. The monoisotopic (exact) mass is 344 g/mol. The molecule has 21 heavy (non-hydrogen) atoms. The molecule has 0 saturated carbocycles. The third kappa shape index (κ3) is 4.31. The van der Waals surface area contributed by atoms with Gasteiger partial charge in [0.2, 0.25) is 11.0 Å². The number of carboxylic acid groups (broad SMARTS) is 1. The lowest BCUT2D eigenvalue weighted by Crippen LogP contribution is -2.14. The average Bonchev–Trinajstić information content (AvgIpc) is 2.84. The van der Waals surface area contributed by atoms with Crippen molar-refractivity contribution in [1.82, 2.24) is 10.2 Å². The summed E-state index contributed by atoms with van der Waals surface area (Å²) in [5.41, 5.74) is 5.72. The SMILES string of the molecule is Nc1nnc(SCC(=O)Nc2cc(C(=O)O)ccc2Cl)s1. The number of anilines is 2. The van der Waals surface area contributed by atoms with Gasteiger partial charge in [-0.05, 0) is 18.2 Å². The summed E-state index contributed by atoms with van der Waals surface area (Å²) in [6.45, 7) is 0. The van der Waals surface area contributed by atoms with Gasteiger partial charge in [0.15, 0.2) is 4.34 Å². The van der Waals surface area contributed by atoms with Gasteiger partial charge in [-0.3, -0.25) is 4.79 Å². The fourth-order valence-corrected chi connectivity index (χ4v) is 2.95. The molecule has 0 bridgehead atoms. The van der Waals surface area contributed by atoms with Crippen LogP contribution in [0.2, 0.25) is 5.02 Å². The number of halogens is 1. The van der Waals surface area contributed by atoms with Crippen molar-refractivity contribution in [3.05, 3.63) is 28.8 Å². The number of nitrogen functional groups attached to an aromatic ring is 1. The molecule has 2 rings (SSSR count). The molecule has 0 saturated heterocycles. The van der Waals surface area contributed by atoms with E-state index in [1.165, 1.54) is 41.3 Å². The lowest BCUT2D eigenvalue weighted by atomic mass is 10.2. The number of nitrogens with one attached hydrogen (secondary N) is 1. The molecule has 0 aliphatic heterocycles. The number of carbonyl (C=O) groups is 2. The fourth-order valence-electron chi connectivity index (χ4n) is 1.35. The Labute approximate surface area is 132 Å². The van der Waals surface area contributed by atoms with Crippen molar-refractivity contribution in [3.63, 3.8) is 0 Å². The first-order chi connectivity index (χ1) is 9.95. The zero-order chi connectivity index (χ0) is 15.4. The number of amides is 1. The fraction of sp³-hybridized carbons (Fsp3) is 0.0909. The summed E-state index contributed by atoms with van der Waals surface area (Å²) in [6.07, 6.45) is 0. The molecule has 110 valence electrons. The number of nitrogens with two attached hydrogens (primary N) is 1. The number of hydrogen-bond donors (Lipinski definition) is 3. The van der Waals surface area contributed by atoms with E-state index in [1.54, 1.807) is 0 Å². The first kappa shape index (κ1) is 15.5. The van der Waals surface area contributed by atoms with Gasteiger partial charge in [0, 0.05) is 0 Å². The number of carboxylic acids is 1. The Morgan fingerprint density at radius 3 is 2.81 bits per heavy atom. The van der Waals surface area contributed by atoms with E-state index >= 15 is 0 Å². The molecular weight excluding hydrogens is 336 g/mol. The second-order valence-electron chi connectivity index (χ2n) is 3.74. The highest BCUT2D eigenvalue weighted by Gasteiger charge is 2.11. The Morgan fingerprint density at radius 1 is 1.43 bits per heavy atom. The highest BCUT2D eigenvalue weighted by Crippen LogP contribution is 2.25. The largest absolute Gasteiger partial charge is 0.478 e. The van der Waals surface area contributed by atoms with Crippen molar-refractivity contribution < 1.29 is 14.7 Å². The summed E-state index contributed by atoms with van der Waals surface area (Å²) in [6, 6.07) is 4.08. The van der Waals surface area contributed by atoms with Gasteiger partial charge in [-0.25, -0.2) is 4.79 Å². The predicted molar refractivity (Wildman–Crippen MR) is 82.1 cm³/mol. The number of hydrogen-bond acceptors (Lipinski definition) is 7. The van der Waals surface area contributed by atoms with Gasteiger partial charge in [-0.15, -0.1) is 10.2 Å². The van der Waals surface area contributed by atoms with Gasteiger partial charge in [-0.2, -0.15) is 0 Å². The molecule has 0 radical (unpaired) electrons. The van der Waals surface area contributed by atoms with Gasteiger partial charge >= 0.3 is 5.97 Å². The maximum atomic E-state index is 11.8. The van der Waals surface area contributed by atoms with Crippen LogP contribution < -0.4 is 11.1 Å². The van der Waals surface area contributed by atoms with Gasteiger partial charge in [0.05, 0.1) is 22.0 Å². The number of rotatable bonds is 5. The Balaban J connectivity index is 1.99. The molecular formula is C11H9ClN4O3S2. The Kier molecular flexibility index (Phi) is 4.99. The number of nitrogens with zero attached hydrogens (tertiary/aromatic N) is 2. The van der Waals surface area contributed by atoms with Crippen LogP contribution in [0.15, 0.2) is 22.5 Å². The van der Waals surface area contributed by atoms with E-state index in [9.17, 15) is 9.59 Å². The molecule has 0 fully saturated rings. The van der Waals surface area contributed by atoms with E-state index in [4.69, 9.17) is 22.4 Å². The van der Waals surface area contributed by atoms with E-state index in [1.807, 2.05) is 0 Å². The van der Waals surface area contributed by atoms with Crippen molar-refractivity contribution in [2.75, 3.05) is 16.8 Å². The summed E-state index contributed by atoms with van der Waals surface area (Å²) in [4.78, 5) is 22.7. The summed E-state index contributed by atoms with van der Waals surface area (Å²) >= 11 is 8.27. The zero-order valence-corrected chi connectivity index (χ0v) is 12.8. The van der Waals surface area contributed by atoms with E-state index < -0.39 is 5.97 Å². The zero-order valence-electron chi connectivity index (χ0n) is 10.4. The molecule has 0 aliphatic rings. The van der Waals surface area contributed by atoms with Crippen LogP contribution in [0.3, 0.4) is 0 Å². The van der Waals surface area contributed by atoms with Crippen LogP contribution in [0, 0.1) is 0 Å². The third-order valence-electron chi connectivity index (χ3n) is 2.24. The molecule has 1 aromatic heterocycles. The molecule has 1 heterocycles. The van der Waals surface area contributed by atoms with Crippen LogP contribution >= 0.6 is 34.7 Å². The summed E-state index contributed by atoms with van der Waals surface area (Å²) in [5.74, 6) is -1.35. The number of benzene rings is 1. The van der Waals surface area contributed by atoms with Crippen LogP contribution in [-0.4, -0.2) is 32.9 Å². The van der Waals surface area contributed by atoms with Crippen LogP contribution in [0.1, 0.15) is 10.4 Å². The molecule has 1 aromatic carbocycles. The standard InChI is InChI=1S/C11H9ClN4O3S2/c12-6-2-1-5(9(18)19)3-7(6)14-8(17)4-20-11-16-15-10(13)21-11/h1-3H,4H2,(H2,13,15)(H,14,17)(H,18,19). The van der Waals surface area contributed by atoms with Crippen LogP contribution in [0.5, 0.6) is 0 Å². The number of carbonyl (C=O) groups excluding carboxylic acids is 1. The molecule has 0 unspecified atom stereocenters. The molecule has 7 nitrogen and oxygen atoms in total. The van der Waals surface area contributed by atoms with E-state index in [0.717, 1.165) is 0 Å². The molecule has 2 aromatic rings. The highest BCUT2D eigenvalue weighted by molar-refractivity contribution is 8.01. The van der Waals surface area contributed by atoms with Crippen LogP contribution in [0.4, 0.5) is 10.8 Å². The summed E-state index contributed by atoms with van der Waals surface area (Å²) in [7, 11) is 0. The normalized spacial score (nSPS) is 10.3. The molecule has 4 N–H and O–H groups in total. The first-order valence-electron chi connectivity index (χ1n) is 5.50. The number of aromatic carboxylic acids is 1. The smallest absolute Gasteiger partial charge is 0.335 e. The molecule has 0 spiro atoms. The van der Waals surface area contributed by atoms with Crippen molar-refractivity contribution in [1.29, 1.82) is 0 Å². The van der Waals surface area contributed by atoms with Crippen molar-refractivity contribution >= 4 is 57.4 Å². The molecule has 0 atom stereocenters. The summed E-state index contributed by atoms with van der Waals surface area (Å²) < 4.78 is 0.577. The van der Waals surface area contributed by atoms with Crippen LogP contribution in [0.25, 0.3) is 0 Å². The Bertz CT molecular complexity index is 692. The third-order valence-corrected chi connectivity index (χ3v) is 4.45. The van der Waals surface area contributed by atoms with Crippen molar-refractivity contribution in [2.24, 2.45) is 0 Å². The second kappa shape index (κ2) is 6.74. The minimum absolute atomic E-state index is 0.0410. The van der Waals surface area contributed by atoms with Crippen LogP contribution in [-0.2, 0) is 4.79 Å². The first-order valence-corrected chi connectivity index (χ1v) is 7.68. The van der Waals surface area contributed by atoms with E-state index in [0.29, 0.717) is 9.47 Å². The Morgan fingerprint density at radius 2 is 2.19 bits per heavy atom. The molecule has 1 amide bonds. The average molecular weight is 345 g/mol. The topological polar surface area (TPSA) is 118 Å². The molecule has 0 aliphatic carbocycles. The minimum atomic E-state index is -1.10. The van der Waals surface area contributed by atoms with Gasteiger partial charge < -0.3 is 16.2 Å². The van der Waals surface area contributed by atoms with Gasteiger partial charge in [-0.1, -0.05) is 34.7 Å². The van der Waals surface area contributed by atoms with Gasteiger partial charge in [0.25, 0.3) is 0 Å². The number of aromatic nitrogens is 2. The minimum Gasteiger partial charge on any atom is -0.478 e. The molecule has 10 heteroatoms. The maximum Gasteiger partial charge on any atom is 0.335 e. The lowest BCUT2D eigenvalue weighted by molar-refractivity contribution is -0.113. The van der Waals surface area contributed by atoms with E-state index in [-0.39, 0.29) is 27.9 Å². The predicted octanol–water partition coefficient (Wildman–Crippen LogP) is 2.20. The highest BCUT2D eigenvalue weighted by atomic mass is 35.5. The second-order valence-corrected chi connectivity index (χ2v) is 6.38. The van der Waals surface area contributed by atoms with Crippen molar-refractivity contribution in [2.45, 2.75) is 4.34 Å². The number of thioether (sulfide) groups is 1. The van der Waals surface area contributed by atoms with E-state index in [2.05, 4.69) is 15.5 Å².